The van der Waals surface area contributed by atoms with Crippen molar-refractivity contribution < 1.29 is 8.78 Å². The van der Waals surface area contributed by atoms with Crippen LogP contribution in [0.25, 0.3) is 0 Å². The van der Waals surface area contributed by atoms with Gasteiger partial charge in [0, 0.05) is 17.8 Å². The Bertz CT molecular complexity index is 292. The highest BCUT2D eigenvalue weighted by Gasteiger charge is 2.23. The first kappa shape index (κ1) is 11.6. The normalized spacial score (nSPS) is 11.7. The highest BCUT2D eigenvalue weighted by atomic mass is 79.9. The van der Waals surface area contributed by atoms with Crippen LogP contribution in [0.15, 0.2) is 24.3 Å². The molecule has 0 atom stereocenters. The first-order valence-electron chi connectivity index (χ1n) is 4.57. The minimum atomic E-state index is -2.73. The van der Waals surface area contributed by atoms with Crippen LogP contribution in [0.3, 0.4) is 0 Å². The van der Waals surface area contributed by atoms with Crippen LogP contribution < -0.4 is 0 Å². The van der Waals surface area contributed by atoms with Gasteiger partial charge in [-0.05, 0) is 24.5 Å². The topological polar surface area (TPSA) is 0 Å². The van der Waals surface area contributed by atoms with Crippen LogP contribution in [0.2, 0.25) is 0 Å². The molecule has 1 aromatic rings. The molecule has 0 radical (unpaired) electrons. The van der Waals surface area contributed by atoms with Gasteiger partial charge in [-0.1, -0.05) is 34.1 Å². The fraction of sp³-hybridized carbons (Fsp3) is 0.455. The van der Waals surface area contributed by atoms with E-state index < -0.39 is 5.92 Å². The average Bonchev–Trinajstić information content (AvgIpc) is 2.14. The van der Waals surface area contributed by atoms with Crippen molar-refractivity contribution in [3.05, 3.63) is 35.4 Å². The Morgan fingerprint density at radius 2 is 2.07 bits per heavy atom. The summed E-state index contributed by atoms with van der Waals surface area (Å²) in [7, 11) is 0. The summed E-state index contributed by atoms with van der Waals surface area (Å²) in [5, 5.41) is 0.903. The summed E-state index contributed by atoms with van der Waals surface area (Å²) in [6, 6.07) is 6.63. The van der Waals surface area contributed by atoms with Crippen LogP contribution in [0.1, 0.15) is 24.5 Å². The Morgan fingerprint density at radius 3 is 2.64 bits per heavy atom. The molecule has 0 aromatic heterocycles. The third-order valence-electron chi connectivity index (χ3n) is 2.03. The Labute approximate surface area is 91.5 Å². The molecule has 0 saturated carbocycles. The van der Waals surface area contributed by atoms with E-state index in [9.17, 15) is 8.78 Å². The van der Waals surface area contributed by atoms with Gasteiger partial charge < -0.3 is 0 Å². The monoisotopic (exact) mass is 262 g/mol. The van der Waals surface area contributed by atoms with Crippen molar-refractivity contribution in [1.29, 1.82) is 0 Å². The van der Waals surface area contributed by atoms with Crippen LogP contribution in [0.5, 0.6) is 0 Å². The van der Waals surface area contributed by atoms with E-state index in [1.165, 1.54) is 6.07 Å². The molecule has 0 aliphatic carbocycles. The van der Waals surface area contributed by atoms with Crippen LogP contribution in [0, 0.1) is 0 Å². The molecule has 0 saturated heterocycles. The zero-order valence-electron chi connectivity index (χ0n) is 8.06. The summed E-state index contributed by atoms with van der Waals surface area (Å²) in [4.78, 5) is 0. The van der Waals surface area contributed by atoms with Gasteiger partial charge in [-0.3, -0.25) is 0 Å². The summed E-state index contributed by atoms with van der Waals surface area (Å²) < 4.78 is 25.9. The maximum atomic E-state index is 12.9. The second kappa shape index (κ2) is 4.87. The molecule has 0 fully saturated rings. The van der Waals surface area contributed by atoms with Crippen molar-refractivity contribution in [3.63, 3.8) is 0 Å². The fourth-order valence-corrected chi connectivity index (χ4v) is 1.55. The van der Waals surface area contributed by atoms with Crippen molar-refractivity contribution in [2.75, 3.05) is 5.33 Å². The minimum absolute atomic E-state index is 0.101. The van der Waals surface area contributed by atoms with Gasteiger partial charge in [0.05, 0.1) is 0 Å². The molecule has 0 unspecified atom stereocenters. The van der Waals surface area contributed by atoms with E-state index >= 15 is 0 Å². The Balaban J connectivity index is 2.79. The minimum Gasteiger partial charge on any atom is -0.202 e. The van der Waals surface area contributed by atoms with E-state index in [1.54, 1.807) is 12.1 Å². The molecular weight excluding hydrogens is 250 g/mol. The number of alkyl halides is 3. The molecule has 0 bridgehead atoms. The molecule has 1 rings (SSSR count). The molecule has 78 valence electrons. The molecule has 0 aliphatic heterocycles. The second-order valence-electron chi connectivity index (χ2n) is 3.38. The van der Waals surface area contributed by atoms with Crippen molar-refractivity contribution in [3.8, 4) is 0 Å². The van der Waals surface area contributed by atoms with Gasteiger partial charge in [-0.15, -0.1) is 0 Å². The standard InChI is InChI=1S/C11H13BrF2/c1-11(13,14)10-6-2-4-9(8-10)5-3-7-12/h2,4,6,8H,3,5,7H2,1H3. The van der Waals surface area contributed by atoms with E-state index in [0.29, 0.717) is 0 Å². The summed E-state index contributed by atoms with van der Waals surface area (Å²) in [6.45, 7) is 0.927. The lowest BCUT2D eigenvalue weighted by molar-refractivity contribution is 0.0174. The van der Waals surface area contributed by atoms with Gasteiger partial charge in [-0.2, -0.15) is 0 Å². The molecule has 0 aliphatic rings. The van der Waals surface area contributed by atoms with Gasteiger partial charge >= 0.3 is 0 Å². The predicted molar refractivity (Wildman–Crippen MR) is 58.1 cm³/mol. The second-order valence-corrected chi connectivity index (χ2v) is 4.17. The van der Waals surface area contributed by atoms with Gasteiger partial charge in [0.2, 0.25) is 0 Å². The molecule has 0 N–H and O–H groups in total. The van der Waals surface area contributed by atoms with Crippen molar-refractivity contribution in [2.45, 2.75) is 25.7 Å². The van der Waals surface area contributed by atoms with Crippen molar-refractivity contribution in [1.82, 2.24) is 0 Å². The highest BCUT2D eigenvalue weighted by Crippen LogP contribution is 2.27. The molecule has 1 aromatic carbocycles. The highest BCUT2D eigenvalue weighted by molar-refractivity contribution is 9.09. The van der Waals surface area contributed by atoms with E-state index in [0.717, 1.165) is 30.7 Å². The van der Waals surface area contributed by atoms with Gasteiger partial charge in [-0.25, -0.2) is 8.78 Å². The Kier molecular flexibility index (Phi) is 4.05. The Morgan fingerprint density at radius 1 is 1.36 bits per heavy atom. The van der Waals surface area contributed by atoms with Crippen molar-refractivity contribution >= 4 is 15.9 Å². The van der Waals surface area contributed by atoms with E-state index in [2.05, 4.69) is 15.9 Å². The molecule has 0 spiro atoms. The first-order valence-corrected chi connectivity index (χ1v) is 5.69. The first-order chi connectivity index (χ1) is 6.54. The molecule has 0 nitrogen and oxygen atoms in total. The fourth-order valence-electron chi connectivity index (χ4n) is 1.27. The number of halogens is 3. The lowest BCUT2D eigenvalue weighted by Gasteiger charge is -2.11. The molecule has 3 heteroatoms. The lowest BCUT2D eigenvalue weighted by Crippen LogP contribution is -2.07. The Hall–Kier alpha value is -0.440. The molecule has 0 heterocycles. The summed E-state index contributed by atoms with van der Waals surface area (Å²) in [5.41, 5.74) is 1.08. The number of aryl methyl sites for hydroxylation is 1. The quantitative estimate of drug-likeness (QED) is 0.716. The maximum absolute atomic E-state index is 12.9. The van der Waals surface area contributed by atoms with E-state index in [1.807, 2.05) is 6.07 Å². The SMILES string of the molecule is CC(F)(F)c1cccc(CCCBr)c1. The summed E-state index contributed by atoms with van der Waals surface area (Å²) >= 11 is 3.32. The van der Waals surface area contributed by atoms with Crippen LogP contribution in [0.4, 0.5) is 8.78 Å². The molecule has 0 amide bonds. The molecule has 14 heavy (non-hydrogen) atoms. The van der Waals surface area contributed by atoms with E-state index in [-0.39, 0.29) is 5.56 Å². The van der Waals surface area contributed by atoms with E-state index in [4.69, 9.17) is 0 Å². The summed E-state index contributed by atoms with van der Waals surface area (Å²) in [5.74, 6) is -2.73. The zero-order valence-corrected chi connectivity index (χ0v) is 9.65. The smallest absolute Gasteiger partial charge is 0.202 e. The zero-order chi connectivity index (χ0) is 10.6. The largest absolute Gasteiger partial charge is 0.270 e. The maximum Gasteiger partial charge on any atom is 0.270 e. The molecular formula is C11H13BrF2. The number of hydrogen-bond acceptors (Lipinski definition) is 0. The average molecular weight is 263 g/mol. The van der Waals surface area contributed by atoms with Crippen LogP contribution in [-0.2, 0) is 12.3 Å². The predicted octanol–water partition coefficient (Wildman–Crippen LogP) is 4.13. The van der Waals surface area contributed by atoms with Crippen LogP contribution >= 0.6 is 15.9 Å². The number of hydrogen-bond donors (Lipinski definition) is 0. The van der Waals surface area contributed by atoms with Gasteiger partial charge in [0.15, 0.2) is 0 Å². The summed E-state index contributed by atoms with van der Waals surface area (Å²) in [6.07, 6.45) is 1.81. The van der Waals surface area contributed by atoms with Gasteiger partial charge in [0.25, 0.3) is 5.92 Å². The third kappa shape index (κ3) is 3.37. The van der Waals surface area contributed by atoms with Gasteiger partial charge in [0.1, 0.15) is 0 Å². The third-order valence-corrected chi connectivity index (χ3v) is 2.59. The number of rotatable bonds is 4. The lowest BCUT2D eigenvalue weighted by atomic mass is 10.0. The van der Waals surface area contributed by atoms with Crippen molar-refractivity contribution in [2.24, 2.45) is 0 Å². The van der Waals surface area contributed by atoms with Crippen LogP contribution in [-0.4, -0.2) is 5.33 Å². The number of benzene rings is 1.